The number of hydrogen-bond donors (Lipinski definition) is 1. The number of rotatable bonds is 6. The van der Waals surface area contributed by atoms with Crippen molar-refractivity contribution in [3.05, 3.63) is 68.7 Å². The highest BCUT2D eigenvalue weighted by Gasteiger charge is 2.16. The molecule has 0 aliphatic heterocycles. The summed E-state index contributed by atoms with van der Waals surface area (Å²) in [7, 11) is 1.68. The Hall–Kier alpha value is -1.97. The van der Waals surface area contributed by atoms with Gasteiger partial charge in [0.15, 0.2) is 0 Å². The minimum absolute atomic E-state index is 0.133. The van der Waals surface area contributed by atoms with Crippen molar-refractivity contribution in [3.8, 4) is 5.75 Å². The van der Waals surface area contributed by atoms with Crippen LogP contribution in [0.15, 0.2) is 36.4 Å². The van der Waals surface area contributed by atoms with Gasteiger partial charge in [0.05, 0.1) is 13.2 Å². The van der Waals surface area contributed by atoms with E-state index < -0.39 is 0 Å². The van der Waals surface area contributed by atoms with E-state index in [4.69, 9.17) is 27.9 Å². The average Bonchev–Trinajstić information content (AvgIpc) is 2.60. The maximum Gasteiger partial charge on any atom is 0.244 e. The van der Waals surface area contributed by atoms with E-state index in [-0.39, 0.29) is 11.9 Å². The first kappa shape index (κ1) is 21.3. The maximum absolute atomic E-state index is 12.3. The molecule has 0 aliphatic carbocycles. The van der Waals surface area contributed by atoms with Crippen LogP contribution in [0.3, 0.4) is 0 Å². The van der Waals surface area contributed by atoms with Crippen molar-refractivity contribution in [1.29, 1.82) is 0 Å². The molecule has 0 saturated heterocycles. The molecule has 5 heteroatoms. The number of amides is 1. The van der Waals surface area contributed by atoms with Crippen LogP contribution >= 0.6 is 23.2 Å². The number of halogens is 2. The summed E-state index contributed by atoms with van der Waals surface area (Å²) >= 11 is 12.0. The van der Waals surface area contributed by atoms with Gasteiger partial charge in [-0.15, -0.1) is 0 Å². The van der Waals surface area contributed by atoms with Gasteiger partial charge in [0.1, 0.15) is 5.75 Å². The summed E-state index contributed by atoms with van der Waals surface area (Å²) in [6.07, 6.45) is 3.16. The molecule has 0 radical (unpaired) electrons. The van der Waals surface area contributed by atoms with E-state index in [2.05, 4.69) is 25.2 Å². The van der Waals surface area contributed by atoms with Crippen molar-refractivity contribution in [2.45, 2.75) is 39.7 Å². The molecule has 0 spiro atoms. The van der Waals surface area contributed by atoms with E-state index >= 15 is 0 Å². The van der Waals surface area contributed by atoms with E-state index in [1.165, 1.54) is 6.08 Å². The van der Waals surface area contributed by atoms with Crippen LogP contribution in [-0.4, -0.2) is 13.0 Å². The number of nitrogens with one attached hydrogen (secondary N) is 1. The van der Waals surface area contributed by atoms with E-state index in [1.807, 2.05) is 19.9 Å². The first-order chi connectivity index (χ1) is 12.7. The van der Waals surface area contributed by atoms with Gasteiger partial charge in [-0.1, -0.05) is 43.1 Å². The molecular weight excluding hydrogens is 381 g/mol. The fourth-order valence-corrected chi connectivity index (χ4v) is 3.42. The third-order valence-electron chi connectivity index (χ3n) is 4.44. The molecule has 0 bridgehead atoms. The standard InChI is InChI=1S/C22H25Cl2NO2/c1-13(2)18-12-19(14(3)10-21(18)27-5)15(4)25-22(26)9-7-16-6-8-17(23)11-20(16)24/h6-13,15H,1-5H3,(H,25,26)/b9-7+. The Kier molecular flexibility index (Phi) is 7.34. The van der Waals surface area contributed by atoms with Gasteiger partial charge in [-0.25, -0.2) is 0 Å². The molecule has 0 aliphatic rings. The van der Waals surface area contributed by atoms with Crippen LogP contribution in [0.4, 0.5) is 0 Å². The lowest BCUT2D eigenvalue weighted by Crippen LogP contribution is -2.25. The summed E-state index contributed by atoms with van der Waals surface area (Å²) in [4.78, 5) is 12.3. The molecule has 1 atom stereocenters. The Morgan fingerprint density at radius 2 is 1.81 bits per heavy atom. The summed E-state index contributed by atoms with van der Waals surface area (Å²) in [5.74, 6) is 1.02. The molecule has 0 saturated carbocycles. The minimum Gasteiger partial charge on any atom is -0.496 e. The highest BCUT2D eigenvalue weighted by Crippen LogP contribution is 2.32. The maximum atomic E-state index is 12.3. The Morgan fingerprint density at radius 1 is 1.11 bits per heavy atom. The molecule has 27 heavy (non-hydrogen) atoms. The predicted octanol–water partition coefficient (Wildman–Crippen LogP) is 6.32. The molecule has 2 aromatic carbocycles. The lowest BCUT2D eigenvalue weighted by molar-refractivity contribution is -0.117. The van der Waals surface area contributed by atoms with Gasteiger partial charge in [0, 0.05) is 16.1 Å². The molecule has 1 amide bonds. The van der Waals surface area contributed by atoms with E-state index in [9.17, 15) is 4.79 Å². The number of ether oxygens (including phenoxy) is 1. The molecule has 0 heterocycles. The molecular formula is C22H25Cl2NO2. The van der Waals surface area contributed by atoms with Crippen molar-refractivity contribution in [2.24, 2.45) is 0 Å². The van der Waals surface area contributed by atoms with Gasteiger partial charge in [-0.3, -0.25) is 4.79 Å². The zero-order valence-corrected chi connectivity index (χ0v) is 17.8. The van der Waals surface area contributed by atoms with E-state index in [0.29, 0.717) is 16.0 Å². The van der Waals surface area contributed by atoms with E-state index in [1.54, 1.807) is 31.4 Å². The first-order valence-corrected chi connectivity index (χ1v) is 9.60. The highest BCUT2D eigenvalue weighted by molar-refractivity contribution is 6.35. The molecule has 1 unspecified atom stereocenters. The van der Waals surface area contributed by atoms with Crippen LogP contribution in [0.2, 0.25) is 10.0 Å². The van der Waals surface area contributed by atoms with Gasteiger partial charge in [-0.05, 0) is 72.4 Å². The van der Waals surface area contributed by atoms with Crippen LogP contribution in [0.25, 0.3) is 6.08 Å². The van der Waals surface area contributed by atoms with Gasteiger partial charge < -0.3 is 10.1 Å². The zero-order valence-electron chi connectivity index (χ0n) is 16.3. The average molecular weight is 406 g/mol. The van der Waals surface area contributed by atoms with Crippen LogP contribution in [0.1, 0.15) is 55.0 Å². The molecule has 2 rings (SSSR count). The van der Waals surface area contributed by atoms with Crippen molar-refractivity contribution >= 4 is 35.2 Å². The number of benzene rings is 2. The zero-order chi connectivity index (χ0) is 20.1. The van der Waals surface area contributed by atoms with Crippen LogP contribution in [0.5, 0.6) is 5.75 Å². The largest absolute Gasteiger partial charge is 0.496 e. The van der Waals surface area contributed by atoms with Crippen molar-refractivity contribution in [1.82, 2.24) is 5.32 Å². The van der Waals surface area contributed by atoms with Crippen LogP contribution in [0, 0.1) is 6.92 Å². The molecule has 144 valence electrons. The van der Waals surface area contributed by atoms with Crippen molar-refractivity contribution in [2.75, 3.05) is 7.11 Å². The van der Waals surface area contributed by atoms with Crippen molar-refractivity contribution < 1.29 is 9.53 Å². The van der Waals surface area contributed by atoms with Crippen LogP contribution < -0.4 is 10.1 Å². The topological polar surface area (TPSA) is 38.3 Å². The lowest BCUT2D eigenvalue weighted by Gasteiger charge is -2.20. The quantitative estimate of drug-likeness (QED) is 0.570. The van der Waals surface area contributed by atoms with E-state index in [0.717, 1.165) is 28.0 Å². The van der Waals surface area contributed by atoms with Gasteiger partial charge >= 0.3 is 0 Å². The summed E-state index contributed by atoms with van der Waals surface area (Å²) in [5.41, 5.74) is 4.02. The molecule has 0 aromatic heterocycles. The number of hydrogen-bond acceptors (Lipinski definition) is 2. The van der Waals surface area contributed by atoms with Gasteiger partial charge in [0.25, 0.3) is 0 Å². The molecule has 0 fully saturated rings. The van der Waals surface area contributed by atoms with Crippen LogP contribution in [-0.2, 0) is 4.79 Å². The number of aryl methyl sites for hydroxylation is 1. The number of carbonyl (C=O) groups is 1. The number of carbonyl (C=O) groups excluding carboxylic acids is 1. The first-order valence-electron chi connectivity index (χ1n) is 8.85. The predicted molar refractivity (Wildman–Crippen MR) is 114 cm³/mol. The lowest BCUT2D eigenvalue weighted by atomic mass is 9.93. The summed E-state index contributed by atoms with van der Waals surface area (Å²) in [6, 6.07) is 9.17. The Morgan fingerprint density at radius 3 is 2.41 bits per heavy atom. The Labute approximate surface area is 171 Å². The fraction of sp³-hybridized carbons (Fsp3) is 0.318. The highest BCUT2D eigenvalue weighted by atomic mass is 35.5. The monoisotopic (exact) mass is 405 g/mol. The second-order valence-electron chi connectivity index (χ2n) is 6.83. The Balaban J connectivity index is 2.16. The Bertz CT molecular complexity index is 860. The molecule has 1 N–H and O–H groups in total. The summed E-state index contributed by atoms with van der Waals surface area (Å²) < 4.78 is 5.49. The third-order valence-corrected chi connectivity index (χ3v) is 5.00. The second-order valence-corrected chi connectivity index (χ2v) is 7.68. The third kappa shape index (κ3) is 5.50. The molecule has 3 nitrogen and oxygen atoms in total. The summed E-state index contributed by atoms with van der Waals surface area (Å²) in [6.45, 7) is 8.24. The SMILES string of the molecule is COc1cc(C)c(C(C)NC(=O)/C=C/c2ccc(Cl)cc2Cl)cc1C(C)C. The fourth-order valence-electron chi connectivity index (χ4n) is 2.95. The number of methoxy groups -OCH3 is 1. The normalized spacial score (nSPS) is 12.4. The van der Waals surface area contributed by atoms with Gasteiger partial charge in [0.2, 0.25) is 5.91 Å². The smallest absolute Gasteiger partial charge is 0.244 e. The van der Waals surface area contributed by atoms with Crippen molar-refractivity contribution in [3.63, 3.8) is 0 Å². The van der Waals surface area contributed by atoms with Gasteiger partial charge in [-0.2, -0.15) is 0 Å². The molecule has 2 aromatic rings. The second kappa shape index (κ2) is 9.29. The summed E-state index contributed by atoms with van der Waals surface area (Å²) in [5, 5.41) is 4.07. The minimum atomic E-state index is -0.185.